The van der Waals surface area contributed by atoms with Gasteiger partial charge in [0.1, 0.15) is 11.5 Å². The number of rotatable bonds is 4. The van der Waals surface area contributed by atoms with Crippen LogP contribution in [0.15, 0.2) is 48.5 Å². The lowest BCUT2D eigenvalue weighted by Crippen LogP contribution is -2.24. The molecule has 0 atom stereocenters. The van der Waals surface area contributed by atoms with Gasteiger partial charge in [0, 0.05) is 23.0 Å². The van der Waals surface area contributed by atoms with Gasteiger partial charge in [-0.25, -0.2) is 4.98 Å². The Bertz CT molecular complexity index is 892. The van der Waals surface area contributed by atoms with Crippen molar-refractivity contribution in [1.29, 1.82) is 0 Å². The topological polar surface area (TPSA) is 71.5 Å². The summed E-state index contributed by atoms with van der Waals surface area (Å²) >= 11 is 0. The summed E-state index contributed by atoms with van der Waals surface area (Å²) in [6.45, 7) is 4.09. The molecule has 0 spiro atoms. The average Bonchev–Trinajstić information content (AvgIpc) is 2.59. The molecule has 1 amide bonds. The van der Waals surface area contributed by atoms with Crippen LogP contribution in [0.4, 0.5) is 0 Å². The summed E-state index contributed by atoms with van der Waals surface area (Å²) < 4.78 is 5.80. The van der Waals surface area contributed by atoms with Crippen molar-refractivity contribution >= 4 is 16.7 Å². The van der Waals surface area contributed by atoms with E-state index in [1.807, 2.05) is 56.3 Å². The number of carbonyl (C=O) groups is 1. The minimum atomic E-state index is -0.394. The first kappa shape index (κ1) is 15.8. The van der Waals surface area contributed by atoms with Crippen LogP contribution in [0.2, 0.25) is 0 Å². The molecular weight excluding hydrogens is 304 g/mol. The van der Waals surface area contributed by atoms with Crippen LogP contribution in [-0.2, 0) is 0 Å². The maximum atomic E-state index is 12.1. The molecule has 2 N–H and O–H groups in total. The molecule has 0 fully saturated rings. The molecule has 0 aliphatic heterocycles. The van der Waals surface area contributed by atoms with Crippen molar-refractivity contribution in [3.8, 4) is 17.2 Å². The number of ether oxygens (including phenoxy) is 1. The Morgan fingerprint density at radius 1 is 1.12 bits per heavy atom. The zero-order valence-electron chi connectivity index (χ0n) is 13.5. The summed E-state index contributed by atoms with van der Waals surface area (Å²) in [6, 6.07) is 14.7. The van der Waals surface area contributed by atoms with E-state index in [1.165, 1.54) is 0 Å². The van der Waals surface area contributed by atoms with Crippen molar-refractivity contribution in [3.05, 3.63) is 59.9 Å². The standard InChI is InChI=1S/C19H18N2O3/c1-3-20-19(23)17-18(22)16-11-14(9-10-15(16)12(2)21-17)24-13-7-5-4-6-8-13/h4-11,22H,3H2,1-2H3,(H,20,23). The van der Waals surface area contributed by atoms with E-state index < -0.39 is 5.91 Å². The molecule has 5 nitrogen and oxygen atoms in total. The number of pyridine rings is 1. The van der Waals surface area contributed by atoms with E-state index in [0.717, 1.165) is 5.39 Å². The fourth-order valence-electron chi connectivity index (χ4n) is 2.53. The van der Waals surface area contributed by atoms with Crippen LogP contribution in [0.5, 0.6) is 17.2 Å². The summed E-state index contributed by atoms with van der Waals surface area (Å²) in [6.07, 6.45) is 0. The molecule has 2 aromatic carbocycles. The van der Waals surface area contributed by atoms with Crippen molar-refractivity contribution in [2.45, 2.75) is 13.8 Å². The molecule has 24 heavy (non-hydrogen) atoms. The van der Waals surface area contributed by atoms with Gasteiger partial charge in [0.25, 0.3) is 5.91 Å². The predicted molar refractivity (Wildman–Crippen MR) is 92.7 cm³/mol. The molecule has 1 aromatic heterocycles. The van der Waals surface area contributed by atoms with Crippen LogP contribution in [0.25, 0.3) is 10.8 Å². The van der Waals surface area contributed by atoms with E-state index in [9.17, 15) is 9.90 Å². The molecule has 0 saturated heterocycles. The van der Waals surface area contributed by atoms with E-state index in [1.54, 1.807) is 6.07 Å². The number of para-hydroxylation sites is 1. The second-order valence-electron chi connectivity index (χ2n) is 5.38. The summed E-state index contributed by atoms with van der Waals surface area (Å²) in [5.74, 6) is 0.747. The Hall–Kier alpha value is -3.08. The van der Waals surface area contributed by atoms with Crippen molar-refractivity contribution in [1.82, 2.24) is 10.3 Å². The van der Waals surface area contributed by atoms with Gasteiger partial charge in [0.15, 0.2) is 11.4 Å². The van der Waals surface area contributed by atoms with E-state index in [0.29, 0.717) is 29.1 Å². The van der Waals surface area contributed by atoms with Crippen molar-refractivity contribution in [2.24, 2.45) is 0 Å². The zero-order valence-corrected chi connectivity index (χ0v) is 13.5. The first-order valence-corrected chi connectivity index (χ1v) is 7.74. The van der Waals surface area contributed by atoms with Crippen LogP contribution in [-0.4, -0.2) is 22.5 Å². The van der Waals surface area contributed by atoms with Gasteiger partial charge in [-0.15, -0.1) is 0 Å². The number of carbonyl (C=O) groups excluding carboxylic acids is 1. The Morgan fingerprint density at radius 2 is 1.88 bits per heavy atom. The van der Waals surface area contributed by atoms with Gasteiger partial charge in [-0.05, 0) is 44.2 Å². The van der Waals surface area contributed by atoms with Crippen LogP contribution < -0.4 is 10.1 Å². The minimum absolute atomic E-state index is 0.0266. The minimum Gasteiger partial charge on any atom is -0.505 e. The second-order valence-corrected chi connectivity index (χ2v) is 5.38. The van der Waals surface area contributed by atoms with E-state index in [4.69, 9.17) is 4.74 Å². The number of fused-ring (bicyclic) bond motifs is 1. The maximum Gasteiger partial charge on any atom is 0.273 e. The normalized spacial score (nSPS) is 10.6. The summed E-state index contributed by atoms with van der Waals surface area (Å²) in [5, 5.41) is 14.5. The number of aryl methyl sites for hydroxylation is 1. The molecule has 0 unspecified atom stereocenters. The first-order chi connectivity index (χ1) is 11.6. The number of nitrogens with zero attached hydrogens (tertiary/aromatic N) is 1. The Morgan fingerprint density at radius 3 is 2.58 bits per heavy atom. The molecule has 0 aliphatic carbocycles. The lowest BCUT2D eigenvalue weighted by atomic mass is 10.1. The molecule has 1 heterocycles. The Balaban J connectivity index is 2.07. The Kier molecular flexibility index (Phi) is 4.33. The van der Waals surface area contributed by atoms with Crippen LogP contribution in [0.1, 0.15) is 23.1 Å². The smallest absolute Gasteiger partial charge is 0.273 e. The maximum absolute atomic E-state index is 12.1. The third-order valence-electron chi connectivity index (χ3n) is 3.67. The molecule has 0 radical (unpaired) electrons. The molecule has 3 aromatic rings. The number of aromatic hydroxyl groups is 1. The lowest BCUT2D eigenvalue weighted by molar-refractivity contribution is 0.0948. The molecular formula is C19H18N2O3. The van der Waals surface area contributed by atoms with Crippen molar-refractivity contribution < 1.29 is 14.6 Å². The van der Waals surface area contributed by atoms with Crippen molar-refractivity contribution in [3.63, 3.8) is 0 Å². The Labute approximate surface area is 139 Å². The molecule has 0 bridgehead atoms. The van der Waals surface area contributed by atoms with Crippen LogP contribution >= 0.6 is 0 Å². The number of aromatic nitrogens is 1. The molecule has 122 valence electrons. The van der Waals surface area contributed by atoms with E-state index in [-0.39, 0.29) is 11.4 Å². The predicted octanol–water partition coefficient (Wildman–Crippen LogP) is 3.79. The van der Waals surface area contributed by atoms with Crippen molar-refractivity contribution in [2.75, 3.05) is 6.54 Å². The number of hydrogen-bond acceptors (Lipinski definition) is 4. The zero-order chi connectivity index (χ0) is 17.1. The van der Waals surface area contributed by atoms with Gasteiger partial charge in [-0.3, -0.25) is 4.79 Å². The van der Waals surface area contributed by atoms with E-state index >= 15 is 0 Å². The number of benzene rings is 2. The molecule has 0 saturated carbocycles. The van der Waals surface area contributed by atoms with E-state index in [2.05, 4.69) is 10.3 Å². The molecule has 0 aliphatic rings. The fraction of sp³-hybridized carbons (Fsp3) is 0.158. The summed E-state index contributed by atoms with van der Waals surface area (Å²) in [5.41, 5.74) is 0.703. The van der Waals surface area contributed by atoms with Gasteiger partial charge in [-0.1, -0.05) is 18.2 Å². The number of nitrogens with one attached hydrogen (secondary N) is 1. The van der Waals surface area contributed by atoms with Gasteiger partial charge >= 0.3 is 0 Å². The van der Waals surface area contributed by atoms with Gasteiger partial charge in [0.05, 0.1) is 0 Å². The SMILES string of the molecule is CCNC(=O)c1nc(C)c2ccc(Oc3ccccc3)cc2c1O. The monoisotopic (exact) mass is 322 g/mol. The third kappa shape index (κ3) is 3.01. The van der Waals surface area contributed by atoms with Crippen LogP contribution in [0, 0.1) is 6.92 Å². The molecule has 5 heteroatoms. The highest BCUT2D eigenvalue weighted by molar-refractivity contribution is 6.02. The average molecular weight is 322 g/mol. The number of amides is 1. The largest absolute Gasteiger partial charge is 0.505 e. The second kappa shape index (κ2) is 6.58. The molecule has 3 rings (SSSR count). The fourth-order valence-corrected chi connectivity index (χ4v) is 2.53. The highest BCUT2D eigenvalue weighted by atomic mass is 16.5. The number of hydrogen-bond donors (Lipinski definition) is 2. The lowest BCUT2D eigenvalue weighted by Gasteiger charge is -2.12. The summed E-state index contributed by atoms with van der Waals surface area (Å²) in [7, 11) is 0. The third-order valence-corrected chi connectivity index (χ3v) is 3.67. The quantitative estimate of drug-likeness (QED) is 0.766. The van der Waals surface area contributed by atoms with Gasteiger partial charge < -0.3 is 15.2 Å². The highest BCUT2D eigenvalue weighted by Gasteiger charge is 2.17. The van der Waals surface area contributed by atoms with Gasteiger partial charge in [-0.2, -0.15) is 0 Å². The first-order valence-electron chi connectivity index (χ1n) is 7.74. The summed E-state index contributed by atoms with van der Waals surface area (Å²) in [4.78, 5) is 16.3. The van der Waals surface area contributed by atoms with Gasteiger partial charge in [0.2, 0.25) is 0 Å². The van der Waals surface area contributed by atoms with Crippen LogP contribution in [0.3, 0.4) is 0 Å². The highest BCUT2D eigenvalue weighted by Crippen LogP contribution is 2.33.